The number of benzene rings is 18. The maximum absolute atomic E-state index is 5.33. The van der Waals surface area contributed by atoms with E-state index in [2.05, 4.69) is 276 Å². The third-order valence-electron chi connectivity index (χ3n) is 24.3. The molecule has 24 aromatic rings. The smallest absolute Gasteiger partial charge is 0.164 e. The van der Waals surface area contributed by atoms with Crippen LogP contribution in [0.3, 0.4) is 0 Å². The van der Waals surface area contributed by atoms with Crippen molar-refractivity contribution in [3.8, 4) is 192 Å². The number of para-hydroxylation sites is 1. The van der Waals surface area contributed by atoms with E-state index in [-0.39, 0.29) is 0 Å². The molecule has 134 heavy (non-hydrogen) atoms. The second-order valence-electron chi connectivity index (χ2n) is 32.8. The Kier molecular flexibility index (Phi) is 21.4. The van der Waals surface area contributed by atoms with E-state index in [0.717, 1.165) is 156 Å². The van der Waals surface area contributed by atoms with E-state index < -0.39 is 0 Å². The molecule has 0 radical (unpaired) electrons. The summed E-state index contributed by atoms with van der Waals surface area (Å²) in [6.45, 7) is 0. The summed E-state index contributed by atoms with van der Waals surface area (Å²) in [7, 11) is 0. The van der Waals surface area contributed by atoms with E-state index in [1.807, 2.05) is 212 Å². The predicted molar refractivity (Wildman–Crippen MR) is 544 cm³/mol. The van der Waals surface area contributed by atoms with Gasteiger partial charge in [0.2, 0.25) is 0 Å². The minimum Gasteiger partial charge on any atom is -0.309 e. The lowest BCUT2D eigenvalue weighted by Crippen LogP contribution is -2.01. The largest absolute Gasteiger partial charge is 0.309 e. The normalized spacial score (nSPS) is 11.3. The standard InChI is InChI=1S/C61H40N6.C60H39N7/c1-6-19-41(20-7-1)45-35-36-55-52(39-45)57-51(33-18-34-56(57)67(55)50-31-14-5-15-32-50)46-27-16-29-48(37-46)60-62-53(42-21-8-2-9-22-42)40-54(63-60)47-28-17-30-49(38-47)61-65-58(43-23-10-3-11-24-43)64-59(66-61)44-25-12-4-13-26-44;1-6-19-40(20-7-1)45-35-36-52-51(39-45)54-50(46-29-16-30-47(37-46)59-63-55(41-21-8-2-9-22-41)61-56(64-59)42-23-10-3-11-24-42)33-18-34-53(54)67(52)49-32-17-31-48(38-49)60-65-57(43-25-12-4-13-26-43)62-58(66-60)44-27-14-5-15-28-44/h1-40H;1-39H. The molecule has 0 aliphatic carbocycles. The fourth-order valence-electron chi connectivity index (χ4n) is 17.9. The van der Waals surface area contributed by atoms with Crippen LogP contribution in [0.5, 0.6) is 0 Å². The summed E-state index contributed by atoms with van der Waals surface area (Å²) < 4.78 is 4.74. The molecule has 24 rings (SSSR count). The molecule has 0 bridgehead atoms. The Balaban J connectivity index is 0.000000151. The van der Waals surface area contributed by atoms with Gasteiger partial charge in [-0.2, -0.15) is 0 Å². The topological polar surface area (TPSA) is 152 Å². The van der Waals surface area contributed by atoms with Gasteiger partial charge in [0.05, 0.1) is 33.5 Å². The fraction of sp³-hybridized carbons (Fsp3) is 0. The zero-order valence-electron chi connectivity index (χ0n) is 72.4. The number of nitrogens with zero attached hydrogens (tertiary/aromatic N) is 13. The van der Waals surface area contributed by atoms with Crippen LogP contribution in [0, 0.1) is 0 Å². The highest BCUT2D eigenvalue weighted by atomic mass is 15.1. The molecular weight excluding hydrogens is 1640 g/mol. The van der Waals surface area contributed by atoms with Crippen LogP contribution in [0.2, 0.25) is 0 Å². The van der Waals surface area contributed by atoms with Gasteiger partial charge in [0.25, 0.3) is 0 Å². The van der Waals surface area contributed by atoms with Gasteiger partial charge in [-0.05, 0) is 129 Å². The first-order chi connectivity index (χ1) is 66.4. The van der Waals surface area contributed by atoms with Gasteiger partial charge in [-0.25, -0.2) is 54.8 Å². The van der Waals surface area contributed by atoms with Gasteiger partial charge in [-0.15, -0.1) is 0 Å². The van der Waals surface area contributed by atoms with Gasteiger partial charge in [-0.1, -0.05) is 394 Å². The van der Waals surface area contributed by atoms with Gasteiger partial charge in [0.1, 0.15) is 0 Å². The summed E-state index contributed by atoms with van der Waals surface area (Å²) in [5.41, 5.74) is 28.2. The molecule has 0 atom stereocenters. The van der Waals surface area contributed by atoms with Crippen LogP contribution in [-0.4, -0.2) is 64.0 Å². The predicted octanol–water partition coefficient (Wildman–Crippen LogP) is 29.6. The first-order valence-electron chi connectivity index (χ1n) is 44.7. The summed E-state index contributed by atoms with van der Waals surface area (Å²) >= 11 is 0. The van der Waals surface area contributed by atoms with Crippen LogP contribution in [0.1, 0.15) is 0 Å². The van der Waals surface area contributed by atoms with Crippen LogP contribution in [0.4, 0.5) is 0 Å². The van der Waals surface area contributed by atoms with E-state index in [4.69, 9.17) is 54.8 Å². The molecular formula is C121H79N13. The summed E-state index contributed by atoms with van der Waals surface area (Å²) in [6.07, 6.45) is 0. The molecule has 6 heterocycles. The van der Waals surface area contributed by atoms with Crippen LogP contribution >= 0.6 is 0 Å². The summed E-state index contributed by atoms with van der Waals surface area (Å²) in [5, 5.41) is 4.66. The zero-order valence-corrected chi connectivity index (χ0v) is 72.4. The van der Waals surface area contributed by atoms with Crippen molar-refractivity contribution < 1.29 is 0 Å². The van der Waals surface area contributed by atoms with Crippen molar-refractivity contribution in [2.24, 2.45) is 0 Å². The Morgan fingerprint density at radius 3 is 0.716 bits per heavy atom. The van der Waals surface area contributed by atoms with Gasteiger partial charge in [-0.3, -0.25) is 0 Å². The van der Waals surface area contributed by atoms with Gasteiger partial charge in [0.15, 0.2) is 58.2 Å². The minimum absolute atomic E-state index is 0.582. The van der Waals surface area contributed by atoms with Crippen molar-refractivity contribution in [2.75, 3.05) is 0 Å². The van der Waals surface area contributed by atoms with Crippen molar-refractivity contribution in [2.45, 2.75) is 0 Å². The first kappa shape index (κ1) is 80.2. The molecule has 0 spiro atoms. The van der Waals surface area contributed by atoms with Crippen molar-refractivity contribution in [1.82, 2.24) is 64.0 Å². The van der Waals surface area contributed by atoms with Crippen LogP contribution < -0.4 is 0 Å². The number of hydrogen-bond acceptors (Lipinski definition) is 11. The van der Waals surface area contributed by atoms with Crippen LogP contribution in [0.15, 0.2) is 479 Å². The molecule has 13 heteroatoms. The molecule has 0 fully saturated rings. The second-order valence-corrected chi connectivity index (χ2v) is 32.8. The lowest BCUT2D eigenvalue weighted by Gasteiger charge is -2.12. The average Bonchev–Trinajstić information content (AvgIpc) is 1.58. The molecule has 0 saturated heterocycles. The SMILES string of the molecule is c1ccc(-c2ccc3c(c2)c2c(-c4cccc(-c5nc(-c6ccccc6)cc(-c6cccc(-c7nc(-c8ccccc8)nc(-c8ccccc8)n7)c6)n5)c4)cccc2n3-c2ccccc2)cc1.c1ccc(-c2ccc3c(c2)c2c(-c4cccc(-c5nc(-c6ccccc6)nc(-c6ccccc6)n5)c4)cccc2n3-c2cccc(-c3nc(-c4ccccc4)nc(-c4ccccc4)n3)c2)cc1. The molecule has 0 aliphatic heterocycles. The van der Waals surface area contributed by atoms with Crippen molar-refractivity contribution in [1.29, 1.82) is 0 Å². The fourth-order valence-corrected chi connectivity index (χ4v) is 17.9. The van der Waals surface area contributed by atoms with Crippen molar-refractivity contribution in [3.63, 3.8) is 0 Å². The highest BCUT2D eigenvalue weighted by Crippen LogP contribution is 2.45. The van der Waals surface area contributed by atoms with E-state index >= 15 is 0 Å². The molecule has 628 valence electrons. The van der Waals surface area contributed by atoms with Crippen molar-refractivity contribution >= 4 is 43.6 Å². The maximum Gasteiger partial charge on any atom is 0.164 e. The van der Waals surface area contributed by atoms with E-state index in [9.17, 15) is 0 Å². The molecule has 0 unspecified atom stereocenters. The third kappa shape index (κ3) is 16.1. The zero-order chi connectivity index (χ0) is 89.0. The summed E-state index contributed by atoms with van der Waals surface area (Å²) in [5.74, 6) is 6.14. The summed E-state index contributed by atoms with van der Waals surface area (Å²) in [4.78, 5) is 55.8. The molecule has 0 amide bonds. The number of rotatable bonds is 18. The summed E-state index contributed by atoms with van der Waals surface area (Å²) in [6, 6.07) is 165. The molecule has 0 aliphatic rings. The molecule has 13 nitrogen and oxygen atoms in total. The van der Waals surface area contributed by atoms with Gasteiger partial charge in [0, 0.05) is 99.7 Å². The first-order valence-corrected chi connectivity index (χ1v) is 44.7. The van der Waals surface area contributed by atoms with Crippen LogP contribution in [0.25, 0.3) is 236 Å². The molecule has 6 aromatic heterocycles. The van der Waals surface area contributed by atoms with E-state index in [1.54, 1.807) is 0 Å². The Hall–Kier alpha value is -18.3. The maximum atomic E-state index is 5.33. The quantitative estimate of drug-likeness (QED) is 0.0807. The highest BCUT2D eigenvalue weighted by Gasteiger charge is 2.25. The Bertz CT molecular complexity index is 8270. The Labute approximate surface area is 774 Å². The van der Waals surface area contributed by atoms with E-state index in [0.29, 0.717) is 58.2 Å². The highest BCUT2D eigenvalue weighted by molar-refractivity contribution is 6.18. The van der Waals surface area contributed by atoms with Gasteiger partial charge >= 0.3 is 0 Å². The molecule has 18 aromatic carbocycles. The lowest BCUT2D eigenvalue weighted by atomic mass is 9.96. The second kappa shape index (κ2) is 35.7. The number of hydrogen-bond donors (Lipinski definition) is 0. The Morgan fingerprint density at radius 2 is 0.366 bits per heavy atom. The Morgan fingerprint density at radius 1 is 0.127 bits per heavy atom. The lowest BCUT2D eigenvalue weighted by molar-refractivity contribution is 1.07. The van der Waals surface area contributed by atoms with Crippen molar-refractivity contribution in [3.05, 3.63) is 479 Å². The number of fused-ring (bicyclic) bond motifs is 6. The molecule has 0 saturated carbocycles. The minimum atomic E-state index is 0.582. The number of aromatic nitrogens is 13. The molecule has 0 N–H and O–H groups in total. The average molecular weight is 1720 g/mol. The third-order valence-corrected chi connectivity index (χ3v) is 24.3. The monoisotopic (exact) mass is 1710 g/mol. The van der Waals surface area contributed by atoms with E-state index in [1.165, 1.54) is 21.9 Å². The van der Waals surface area contributed by atoms with Crippen LogP contribution in [-0.2, 0) is 0 Å². The van der Waals surface area contributed by atoms with Gasteiger partial charge < -0.3 is 9.13 Å².